The second kappa shape index (κ2) is 21.3. The molecule has 2 atom stereocenters. The number of amides is 5. The zero-order valence-corrected chi connectivity index (χ0v) is 38.8. The van der Waals surface area contributed by atoms with Gasteiger partial charge in [0.2, 0.25) is 17.7 Å². The summed E-state index contributed by atoms with van der Waals surface area (Å²) in [6.45, 7) is 10.6. The first-order chi connectivity index (χ1) is 30.4. The second-order valence-electron chi connectivity index (χ2n) is 17.1. The lowest BCUT2D eigenvalue weighted by Gasteiger charge is -2.42. The van der Waals surface area contributed by atoms with Crippen molar-refractivity contribution >= 4 is 57.8 Å². The lowest BCUT2D eigenvalue weighted by atomic mass is 9.85. The van der Waals surface area contributed by atoms with Crippen LogP contribution in [0.3, 0.4) is 0 Å². The molecule has 0 unspecified atom stereocenters. The lowest BCUT2D eigenvalue weighted by molar-refractivity contribution is -0.138. The van der Waals surface area contributed by atoms with Crippen LogP contribution in [0.5, 0.6) is 11.5 Å². The van der Waals surface area contributed by atoms with Gasteiger partial charge in [-0.2, -0.15) is 0 Å². The molecule has 1 aliphatic carbocycles. The van der Waals surface area contributed by atoms with Gasteiger partial charge in [-0.05, 0) is 133 Å². The fourth-order valence-electron chi connectivity index (χ4n) is 9.09. The van der Waals surface area contributed by atoms with Crippen LogP contribution in [0.15, 0.2) is 51.7 Å². The number of aryl methyl sites for hydroxylation is 1. The van der Waals surface area contributed by atoms with E-state index in [1.807, 2.05) is 43.0 Å². The number of hydrogen-bond acceptors (Lipinski definition) is 12. The highest BCUT2D eigenvalue weighted by molar-refractivity contribution is 8.01. The molecule has 5 amide bonds. The summed E-state index contributed by atoms with van der Waals surface area (Å²) in [5.41, 5.74) is 1.91. The summed E-state index contributed by atoms with van der Waals surface area (Å²) in [6.07, 6.45) is 9.59. The third-order valence-electron chi connectivity index (χ3n) is 13.1. The van der Waals surface area contributed by atoms with Crippen LogP contribution in [0.1, 0.15) is 91.5 Å². The minimum Gasteiger partial charge on any atom is -0.496 e. The van der Waals surface area contributed by atoms with Gasteiger partial charge in [0.05, 0.1) is 35.2 Å². The van der Waals surface area contributed by atoms with Crippen LogP contribution in [0.2, 0.25) is 0 Å². The summed E-state index contributed by atoms with van der Waals surface area (Å²) < 4.78 is 12.8. The molecule has 17 heteroatoms. The van der Waals surface area contributed by atoms with E-state index < -0.39 is 6.04 Å². The van der Waals surface area contributed by atoms with Crippen LogP contribution in [-0.4, -0.2) is 145 Å². The molecular weight excluding hydrogens is 841 g/mol. The van der Waals surface area contributed by atoms with Crippen molar-refractivity contribution in [2.75, 3.05) is 71.8 Å². The molecule has 340 valence electrons. The van der Waals surface area contributed by atoms with E-state index in [0.29, 0.717) is 54.2 Å². The number of likely N-dealkylation sites (N-methyl/N-ethyl adjacent to an activating group) is 1. The summed E-state index contributed by atoms with van der Waals surface area (Å²) in [6, 6.07) is 10.6. The number of hydrogen-bond donors (Lipinski definition) is 3. The number of nitrogens with one attached hydrogen (secondary N) is 3. The monoisotopic (exact) mass is 902 g/mol. The first-order valence-electron chi connectivity index (χ1n) is 22.4. The number of benzene rings is 2. The number of nitrogens with zero attached hydrogens (tertiary/aromatic N) is 5. The molecule has 1 aromatic heterocycles. The summed E-state index contributed by atoms with van der Waals surface area (Å²) in [7, 11) is 3.31. The minimum atomic E-state index is -0.473. The molecule has 3 N–H and O–H groups in total. The van der Waals surface area contributed by atoms with Gasteiger partial charge in [0, 0.05) is 62.7 Å². The van der Waals surface area contributed by atoms with Crippen LogP contribution in [0, 0.1) is 12.8 Å². The van der Waals surface area contributed by atoms with Gasteiger partial charge in [-0.25, -0.2) is 4.98 Å². The van der Waals surface area contributed by atoms with Gasteiger partial charge in [0.15, 0.2) is 5.13 Å². The van der Waals surface area contributed by atoms with E-state index in [4.69, 9.17) is 9.47 Å². The third kappa shape index (κ3) is 11.5. The Kier molecular flexibility index (Phi) is 15.7. The zero-order chi connectivity index (χ0) is 44.6. The van der Waals surface area contributed by atoms with Crippen molar-refractivity contribution in [1.82, 2.24) is 35.2 Å². The van der Waals surface area contributed by atoms with Crippen molar-refractivity contribution in [3.8, 4) is 11.5 Å². The van der Waals surface area contributed by atoms with Gasteiger partial charge in [0.25, 0.3) is 11.8 Å². The van der Waals surface area contributed by atoms with Crippen molar-refractivity contribution in [2.45, 2.75) is 105 Å². The summed E-state index contributed by atoms with van der Waals surface area (Å²) >= 11 is 2.83. The van der Waals surface area contributed by atoms with E-state index >= 15 is 0 Å². The summed E-state index contributed by atoms with van der Waals surface area (Å²) in [5, 5.41) is 9.50. The number of carbonyl (C=O) groups is 5. The maximum Gasteiger partial charge on any atom is 0.257 e. The van der Waals surface area contributed by atoms with Gasteiger partial charge < -0.3 is 39.7 Å². The first-order valence-corrected chi connectivity index (χ1v) is 24.0. The van der Waals surface area contributed by atoms with Crippen molar-refractivity contribution in [3.05, 3.63) is 59.3 Å². The van der Waals surface area contributed by atoms with Crippen LogP contribution in [0.4, 0.5) is 5.13 Å². The molecule has 63 heavy (non-hydrogen) atoms. The average Bonchev–Trinajstić information content (AvgIpc) is 4.01. The number of thiazole rings is 1. The highest BCUT2D eigenvalue weighted by Gasteiger charge is 2.38. The van der Waals surface area contributed by atoms with Crippen LogP contribution in [-0.2, 0) is 14.4 Å². The Morgan fingerprint density at radius 1 is 0.857 bits per heavy atom. The molecule has 1 saturated carbocycles. The van der Waals surface area contributed by atoms with Gasteiger partial charge in [-0.3, -0.25) is 29.3 Å². The van der Waals surface area contributed by atoms with Gasteiger partial charge in [-0.1, -0.05) is 23.1 Å². The fraction of sp³-hybridized carbons (Fsp3) is 0.565. The maximum atomic E-state index is 13.6. The molecule has 3 aromatic rings. The minimum absolute atomic E-state index is 0.00871. The molecule has 4 heterocycles. The summed E-state index contributed by atoms with van der Waals surface area (Å²) in [5.74, 6) is 0.917. The number of piperazine rings is 1. The zero-order valence-electron chi connectivity index (χ0n) is 37.2. The SMILES string of the molecule is CN[C@@H](C)C(=O)N[C@H](C(=O)N1CCCC1)C1CCN(C2CCC(Oc3ccc(C(=O)Nc4ncc(Sc5cc(C(=O)N6CCN(C(C)=O)CC6)c(OC)cc5C)s4)cc3)CC2)CC1. The molecule has 0 bridgehead atoms. The van der Waals surface area contributed by atoms with Crippen LogP contribution in [0.25, 0.3) is 0 Å². The molecule has 7 rings (SSSR count). The Morgan fingerprint density at radius 3 is 2.16 bits per heavy atom. The molecule has 0 spiro atoms. The summed E-state index contributed by atoms with van der Waals surface area (Å²) in [4.78, 5) is 78.4. The van der Waals surface area contributed by atoms with Crippen molar-refractivity contribution < 1.29 is 33.4 Å². The number of ether oxygens (including phenoxy) is 2. The molecule has 2 aromatic carbocycles. The van der Waals surface area contributed by atoms with E-state index in [1.54, 1.807) is 49.2 Å². The van der Waals surface area contributed by atoms with Crippen LogP contribution >= 0.6 is 23.1 Å². The fourth-order valence-corrected chi connectivity index (χ4v) is 11.0. The largest absolute Gasteiger partial charge is 0.496 e. The number of carbonyl (C=O) groups excluding carboxylic acids is 5. The van der Waals surface area contributed by atoms with E-state index in [-0.39, 0.29) is 47.6 Å². The highest BCUT2D eigenvalue weighted by atomic mass is 32.2. The normalized spacial score (nSPS) is 20.8. The number of rotatable bonds is 14. The smallest absolute Gasteiger partial charge is 0.257 e. The molecule has 4 aliphatic rings. The number of methoxy groups -OCH3 is 1. The molecule has 3 aliphatic heterocycles. The Balaban J connectivity index is 0.863. The Labute approximate surface area is 379 Å². The number of piperidine rings is 1. The molecule has 15 nitrogen and oxygen atoms in total. The van der Waals surface area contributed by atoms with Crippen molar-refractivity contribution in [1.29, 1.82) is 0 Å². The Hall–Kier alpha value is -4.71. The predicted octanol–water partition coefficient (Wildman–Crippen LogP) is 5.29. The topological polar surface area (TPSA) is 166 Å². The number of aromatic nitrogens is 1. The third-order valence-corrected chi connectivity index (χ3v) is 15.3. The molecule has 4 fully saturated rings. The van der Waals surface area contributed by atoms with Crippen molar-refractivity contribution in [3.63, 3.8) is 0 Å². The van der Waals surface area contributed by atoms with E-state index in [0.717, 1.165) is 98.0 Å². The van der Waals surface area contributed by atoms with Gasteiger partial charge in [0.1, 0.15) is 17.5 Å². The van der Waals surface area contributed by atoms with Crippen molar-refractivity contribution in [2.24, 2.45) is 5.92 Å². The first kappa shape index (κ1) is 46.3. The van der Waals surface area contributed by atoms with Gasteiger partial charge >= 0.3 is 0 Å². The standard InChI is InChI=1S/C46H62N8O7S2/c1-29-26-38(60-5)37(44(58)54-24-22-51(23-25-54)31(3)55)27-39(29)62-40-28-48-46(63-40)50-43(57)33-8-12-35(13-9-33)61-36-14-10-34(11-15-36)52-20-16-32(17-21-52)41(49-42(56)30(2)47-4)45(59)53-18-6-7-19-53/h8-9,12-13,26-28,30,32,34,36,41,47H,6-7,10-11,14-25H2,1-5H3,(H,49,56)(H,48,50,57)/t30-,34?,36?,41-/m0/s1. The Morgan fingerprint density at radius 2 is 1.52 bits per heavy atom. The maximum absolute atomic E-state index is 13.6. The lowest BCUT2D eigenvalue weighted by Crippen LogP contribution is -2.57. The number of likely N-dealkylation sites (tertiary alicyclic amines) is 2. The van der Waals surface area contributed by atoms with Gasteiger partial charge in [-0.15, -0.1) is 0 Å². The van der Waals surface area contributed by atoms with E-state index in [9.17, 15) is 24.0 Å². The van der Waals surface area contributed by atoms with E-state index in [2.05, 4.69) is 25.8 Å². The number of anilines is 1. The Bertz CT molecular complexity index is 2090. The quantitative estimate of drug-likeness (QED) is 0.193. The van der Waals surface area contributed by atoms with E-state index in [1.165, 1.54) is 23.1 Å². The molecule has 3 saturated heterocycles. The second-order valence-corrected chi connectivity index (χ2v) is 19.5. The predicted molar refractivity (Wildman–Crippen MR) is 244 cm³/mol. The highest BCUT2D eigenvalue weighted by Crippen LogP contribution is 2.39. The average molecular weight is 903 g/mol. The molecular formula is C46H62N8O7S2. The molecule has 0 radical (unpaired) electrons. The van der Waals surface area contributed by atoms with Crippen LogP contribution < -0.4 is 25.4 Å².